The first-order valence-corrected chi connectivity index (χ1v) is 8.31. The average molecular weight is 313 g/mol. The van der Waals surface area contributed by atoms with Gasteiger partial charge in [0.1, 0.15) is 0 Å². The predicted molar refractivity (Wildman–Crippen MR) is 82.5 cm³/mol. The van der Waals surface area contributed by atoms with E-state index in [1.807, 2.05) is 13.0 Å². The maximum Gasteiger partial charge on any atom is 0.204 e. The Morgan fingerprint density at radius 3 is 2.82 bits per heavy atom. The molecule has 2 heterocycles. The third-order valence-corrected chi connectivity index (χ3v) is 5.38. The van der Waals surface area contributed by atoms with Gasteiger partial charge in [-0.25, -0.2) is 0 Å². The van der Waals surface area contributed by atoms with Crippen molar-refractivity contribution in [2.45, 2.75) is 25.9 Å². The lowest BCUT2D eigenvalue weighted by Gasteiger charge is -2.14. The Balaban J connectivity index is 1.79. The number of rotatable bonds is 4. The molecule has 4 rings (SSSR count). The van der Waals surface area contributed by atoms with E-state index < -0.39 is 0 Å². The third kappa shape index (κ3) is 2.04. The summed E-state index contributed by atoms with van der Waals surface area (Å²) in [6.45, 7) is 2.61. The fraction of sp³-hybridized carbons (Fsp3) is 0.353. The topological polar surface area (TPSA) is 56.3 Å². The van der Waals surface area contributed by atoms with E-state index >= 15 is 0 Å². The minimum atomic E-state index is -0.105. The quantitative estimate of drug-likeness (QED) is 0.740. The van der Waals surface area contributed by atoms with Gasteiger partial charge in [0.05, 0.1) is 16.5 Å². The lowest BCUT2D eigenvalue weighted by molar-refractivity contribution is 0.0489. The molecule has 0 amide bonds. The van der Waals surface area contributed by atoms with Crippen LogP contribution in [-0.4, -0.2) is 23.2 Å². The standard InChI is InChI=1S/C17H15NO3S/c1-2-21-16(9-3-4-9)13-7-11-14(19)12-8-18-6-5-10(12)15(20)17(11)22-13/h5-9,16H,2-4H2,1H3. The summed E-state index contributed by atoms with van der Waals surface area (Å²) in [5.74, 6) is 0.342. The number of hydrogen-bond donors (Lipinski definition) is 0. The van der Waals surface area contributed by atoms with Crippen LogP contribution < -0.4 is 0 Å². The molecule has 0 bridgehead atoms. The molecule has 0 aromatic carbocycles. The highest BCUT2D eigenvalue weighted by atomic mass is 32.1. The van der Waals surface area contributed by atoms with E-state index in [2.05, 4.69) is 4.98 Å². The SMILES string of the molecule is CCOC(c1cc2c(s1)C(=O)c1ccncc1C2=O)C1CC1. The highest BCUT2D eigenvalue weighted by Gasteiger charge is 2.38. The summed E-state index contributed by atoms with van der Waals surface area (Å²) in [4.78, 5) is 30.7. The van der Waals surface area contributed by atoms with Crippen LogP contribution in [0.5, 0.6) is 0 Å². The summed E-state index contributed by atoms with van der Waals surface area (Å²) in [7, 11) is 0. The second kappa shape index (κ2) is 5.11. The third-order valence-electron chi connectivity index (χ3n) is 4.19. The predicted octanol–water partition coefficient (Wildman–Crippen LogP) is 3.41. The van der Waals surface area contributed by atoms with Crippen molar-refractivity contribution < 1.29 is 14.3 Å². The normalized spacial score (nSPS) is 18.0. The van der Waals surface area contributed by atoms with Crippen LogP contribution in [0.3, 0.4) is 0 Å². The van der Waals surface area contributed by atoms with Gasteiger partial charge in [0.25, 0.3) is 0 Å². The number of ether oxygens (including phenoxy) is 1. The molecule has 1 fully saturated rings. The lowest BCUT2D eigenvalue weighted by Crippen LogP contribution is -2.18. The fourth-order valence-electron chi connectivity index (χ4n) is 2.96. The van der Waals surface area contributed by atoms with Crippen molar-refractivity contribution in [2.75, 3.05) is 6.61 Å². The van der Waals surface area contributed by atoms with Crippen molar-refractivity contribution in [3.05, 3.63) is 51.0 Å². The zero-order valence-corrected chi connectivity index (χ0v) is 13.0. The second-order valence-corrected chi connectivity index (χ2v) is 6.77. The van der Waals surface area contributed by atoms with Crippen LogP contribution in [-0.2, 0) is 4.74 Å². The van der Waals surface area contributed by atoms with Gasteiger partial charge in [-0.3, -0.25) is 14.6 Å². The number of pyridine rings is 1. The molecule has 0 N–H and O–H groups in total. The van der Waals surface area contributed by atoms with Gasteiger partial charge in [0.15, 0.2) is 5.78 Å². The molecule has 112 valence electrons. The minimum Gasteiger partial charge on any atom is -0.373 e. The minimum absolute atomic E-state index is 0.0161. The van der Waals surface area contributed by atoms with Gasteiger partial charge in [-0.15, -0.1) is 11.3 Å². The van der Waals surface area contributed by atoms with E-state index in [9.17, 15) is 9.59 Å². The smallest absolute Gasteiger partial charge is 0.204 e. The van der Waals surface area contributed by atoms with Gasteiger partial charge < -0.3 is 4.74 Å². The second-order valence-electron chi connectivity index (χ2n) is 5.68. The number of hydrogen-bond acceptors (Lipinski definition) is 5. The van der Waals surface area contributed by atoms with Gasteiger partial charge in [0.2, 0.25) is 5.78 Å². The van der Waals surface area contributed by atoms with Crippen molar-refractivity contribution in [3.8, 4) is 0 Å². The van der Waals surface area contributed by atoms with Crippen LogP contribution in [0.25, 0.3) is 0 Å². The average Bonchev–Trinajstić information content (AvgIpc) is 3.28. The highest BCUT2D eigenvalue weighted by Crippen LogP contribution is 2.47. The van der Waals surface area contributed by atoms with Crippen LogP contribution >= 0.6 is 11.3 Å². The van der Waals surface area contributed by atoms with E-state index in [0.29, 0.717) is 34.1 Å². The Labute approximate surface area is 132 Å². The van der Waals surface area contributed by atoms with Gasteiger partial charge in [-0.1, -0.05) is 0 Å². The summed E-state index contributed by atoms with van der Waals surface area (Å²) >= 11 is 1.41. The molecule has 5 heteroatoms. The van der Waals surface area contributed by atoms with Crippen LogP contribution in [0.15, 0.2) is 24.5 Å². The molecule has 0 aliphatic heterocycles. The Bertz CT molecular complexity index is 723. The van der Waals surface area contributed by atoms with Gasteiger partial charge in [0, 0.05) is 35.0 Å². The Morgan fingerprint density at radius 1 is 1.27 bits per heavy atom. The number of thiophene rings is 1. The fourth-order valence-corrected chi connectivity index (χ4v) is 4.21. The molecule has 1 unspecified atom stereocenters. The highest BCUT2D eigenvalue weighted by molar-refractivity contribution is 7.14. The largest absolute Gasteiger partial charge is 0.373 e. The molecular weight excluding hydrogens is 298 g/mol. The first-order chi connectivity index (χ1) is 10.7. The molecule has 2 aliphatic rings. The zero-order valence-electron chi connectivity index (χ0n) is 12.2. The number of ketones is 2. The molecule has 0 saturated heterocycles. The summed E-state index contributed by atoms with van der Waals surface area (Å²) in [6.07, 6.45) is 5.36. The van der Waals surface area contributed by atoms with E-state index in [1.54, 1.807) is 12.3 Å². The molecule has 0 radical (unpaired) electrons. The molecule has 0 spiro atoms. The molecule has 2 aromatic heterocycles. The van der Waals surface area contributed by atoms with E-state index in [1.165, 1.54) is 17.5 Å². The summed E-state index contributed by atoms with van der Waals surface area (Å²) in [6, 6.07) is 3.48. The lowest BCUT2D eigenvalue weighted by atomic mass is 9.90. The van der Waals surface area contributed by atoms with Crippen LogP contribution in [0.2, 0.25) is 0 Å². The summed E-state index contributed by atoms with van der Waals surface area (Å²) < 4.78 is 5.85. The van der Waals surface area contributed by atoms with Crippen LogP contribution in [0, 0.1) is 5.92 Å². The number of carbonyl (C=O) groups is 2. The molecule has 22 heavy (non-hydrogen) atoms. The Kier molecular flexibility index (Phi) is 3.20. The maximum atomic E-state index is 12.6. The molecule has 2 aromatic rings. The number of nitrogens with zero attached hydrogens (tertiary/aromatic N) is 1. The van der Waals surface area contributed by atoms with E-state index in [4.69, 9.17) is 4.74 Å². The zero-order chi connectivity index (χ0) is 15.3. The number of fused-ring (bicyclic) bond motifs is 2. The van der Waals surface area contributed by atoms with Crippen molar-refractivity contribution in [2.24, 2.45) is 5.92 Å². The number of carbonyl (C=O) groups excluding carboxylic acids is 2. The van der Waals surface area contributed by atoms with Crippen molar-refractivity contribution in [1.29, 1.82) is 0 Å². The van der Waals surface area contributed by atoms with Crippen molar-refractivity contribution >= 4 is 22.9 Å². The molecule has 1 saturated carbocycles. The monoisotopic (exact) mass is 313 g/mol. The van der Waals surface area contributed by atoms with Gasteiger partial charge in [-0.2, -0.15) is 0 Å². The maximum absolute atomic E-state index is 12.6. The van der Waals surface area contributed by atoms with Gasteiger partial charge in [-0.05, 0) is 37.8 Å². The van der Waals surface area contributed by atoms with Crippen LogP contribution in [0.1, 0.15) is 61.9 Å². The summed E-state index contributed by atoms with van der Waals surface area (Å²) in [5.41, 5.74) is 1.37. The first kappa shape index (κ1) is 13.8. The summed E-state index contributed by atoms with van der Waals surface area (Å²) in [5, 5.41) is 0. The molecular formula is C17H15NO3S. The molecule has 1 atom stereocenters. The molecule has 2 aliphatic carbocycles. The Morgan fingerprint density at radius 2 is 2.09 bits per heavy atom. The van der Waals surface area contributed by atoms with Crippen molar-refractivity contribution in [1.82, 2.24) is 4.98 Å². The Hall–Kier alpha value is -1.85. The van der Waals surface area contributed by atoms with E-state index in [0.717, 1.165) is 17.7 Å². The number of aromatic nitrogens is 1. The van der Waals surface area contributed by atoms with Crippen LogP contribution in [0.4, 0.5) is 0 Å². The van der Waals surface area contributed by atoms with Crippen molar-refractivity contribution in [3.63, 3.8) is 0 Å². The first-order valence-electron chi connectivity index (χ1n) is 7.49. The van der Waals surface area contributed by atoms with E-state index in [-0.39, 0.29) is 17.7 Å². The molecule has 4 nitrogen and oxygen atoms in total. The van der Waals surface area contributed by atoms with Gasteiger partial charge >= 0.3 is 0 Å².